The summed E-state index contributed by atoms with van der Waals surface area (Å²) in [5, 5.41) is 3.69. The van der Waals surface area contributed by atoms with Crippen LogP contribution in [0.25, 0.3) is 5.69 Å². The van der Waals surface area contributed by atoms with Gasteiger partial charge in [0.25, 0.3) is 5.91 Å². The van der Waals surface area contributed by atoms with Crippen LogP contribution < -0.4 is 11.5 Å². The number of anilines is 1. The molecule has 2 rings (SSSR count). The maximum absolute atomic E-state index is 13.0. The van der Waals surface area contributed by atoms with E-state index in [0.717, 1.165) is 16.9 Å². The lowest BCUT2D eigenvalue weighted by Gasteiger charge is -2.13. The largest absolute Gasteiger partial charge is 0.418 e. The average molecular weight is 349 g/mol. The van der Waals surface area contributed by atoms with Crippen molar-refractivity contribution < 1.29 is 18.0 Å². The third-order valence-corrected chi connectivity index (χ3v) is 2.98. The molecule has 1 aromatic heterocycles. The van der Waals surface area contributed by atoms with E-state index < -0.39 is 17.6 Å². The second-order valence-electron chi connectivity index (χ2n) is 3.90. The first-order valence-electron chi connectivity index (χ1n) is 5.22. The van der Waals surface area contributed by atoms with Crippen LogP contribution in [0, 0.1) is 0 Å². The Labute approximate surface area is 119 Å². The first-order valence-corrected chi connectivity index (χ1v) is 6.01. The molecule has 0 aliphatic heterocycles. The van der Waals surface area contributed by atoms with Crippen LogP contribution in [0.2, 0.25) is 0 Å². The molecule has 0 aliphatic rings. The third kappa shape index (κ3) is 2.62. The zero-order valence-electron chi connectivity index (χ0n) is 9.78. The van der Waals surface area contributed by atoms with Crippen LogP contribution in [-0.2, 0) is 6.18 Å². The fraction of sp³-hybridized carbons (Fsp3) is 0.0909. The molecule has 1 aromatic carbocycles. The van der Waals surface area contributed by atoms with Crippen LogP contribution in [0.5, 0.6) is 0 Å². The van der Waals surface area contributed by atoms with E-state index in [-0.39, 0.29) is 17.1 Å². The molecule has 5 nitrogen and oxygen atoms in total. The van der Waals surface area contributed by atoms with E-state index in [4.69, 9.17) is 11.5 Å². The van der Waals surface area contributed by atoms with Crippen LogP contribution in [0.15, 0.2) is 28.9 Å². The highest BCUT2D eigenvalue weighted by Crippen LogP contribution is 2.35. The predicted molar refractivity (Wildman–Crippen MR) is 69.2 cm³/mol. The molecule has 20 heavy (non-hydrogen) atoms. The van der Waals surface area contributed by atoms with Gasteiger partial charge in [0.05, 0.1) is 23.1 Å². The number of carbonyl (C=O) groups is 1. The monoisotopic (exact) mass is 348 g/mol. The van der Waals surface area contributed by atoms with Crippen LogP contribution in [0.3, 0.4) is 0 Å². The van der Waals surface area contributed by atoms with Gasteiger partial charge in [-0.2, -0.15) is 18.3 Å². The summed E-state index contributed by atoms with van der Waals surface area (Å²) < 4.78 is 40.2. The number of benzene rings is 1. The summed E-state index contributed by atoms with van der Waals surface area (Å²) in [5.41, 5.74) is 9.00. The molecule has 0 atom stereocenters. The fourth-order valence-corrected chi connectivity index (χ4v) is 1.99. The van der Waals surface area contributed by atoms with Crippen molar-refractivity contribution in [2.45, 2.75) is 6.18 Å². The number of primary amides is 1. The molecule has 0 fully saturated rings. The first-order chi connectivity index (χ1) is 9.20. The number of alkyl halides is 3. The van der Waals surface area contributed by atoms with Crippen molar-refractivity contribution in [3.8, 4) is 5.69 Å². The van der Waals surface area contributed by atoms with Gasteiger partial charge in [-0.25, -0.2) is 4.68 Å². The lowest BCUT2D eigenvalue weighted by Crippen LogP contribution is -2.15. The number of carbonyl (C=O) groups excluding carboxylic acids is 1. The van der Waals surface area contributed by atoms with Gasteiger partial charge in [0.15, 0.2) is 5.69 Å². The minimum absolute atomic E-state index is 0.0920. The maximum Gasteiger partial charge on any atom is 0.418 e. The van der Waals surface area contributed by atoms with E-state index in [2.05, 4.69) is 21.0 Å². The number of hydrogen-bond acceptors (Lipinski definition) is 3. The average Bonchev–Trinajstić information content (AvgIpc) is 2.69. The van der Waals surface area contributed by atoms with E-state index >= 15 is 0 Å². The van der Waals surface area contributed by atoms with Gasteiger partial charge >= 0.3 is 6.18 Å². The number of rotatable bonds is 2. The van der Waals surface area contributed by atoms with E-state index in [1.165, 1.54) is 12.1 Å². The first kappa shape index (κ1) is 14.4. The minimum Gasteiger partial charge on any atom is -0.396 e. The van der Waals surface area contributed by atoms with Crippen molar-refractivity contribution in [2.75, 3.05) is 5.73 Å². The molecule has 4 N–H and O–H groups in total. The summed E-state index contributed by atoms with van der Waals surface area (Å²) in [6.45, 7) is 0. The summed E-state index contributed by atoms with van der Waals surface area (Å²) in [7, 11) is 0. The number of nitrogens with two attached hydrogens (primary N) is 2. The maximum atomic E-state index is 13.0. The molecule has 0 unspecified atom stereocenters. The number of aromatic nitrogens is 2. The Morgan fingerprint density at radius 1 is 1.35 bits per heavy atom. The van der Waals surface area contributed by atoms with Crippen LogP contribution >= 0.6 is 15.9 Å². The fourth-order valence-electron chi connectivity index (χ4n) is 1.64. The molecular weight excluding hydrogens is 341 g/mol. The highest BCUT2D eigenvalue weighted by Gasteiger charge is 2.34. The van der Waals surface area contributed by atoms with Crippen molar-refractivity contribution in [3.05, 3.63) is 40.1 Å². The van der Waals surface area contributed by atoms with Crippen molar-refractivity contribution in [3.63, 3.8) is 0 Å². The van der Waals surface area contributed by atoms with Gasteiger partial charge in [-0.05, 0) is 18.2 Å². The predicted octanol–water partition coefficient (Wildman–Crippen LogP) is 2.33. The zero-order valence-corrected chi connectivity index (χ0v) is 11.4. The molecule has 106 valence electrons. The van der Waals surface area contributed by atoms with Crippen molar-refractivity contribution in [1.82, 2.24) is 9.78 Å². The quantitative estimate of drug-likeness (QED) is 0.873. The van der Waals surface area contributed by atoms with E-state index in [1.54, 1.807) is 0 Å². The molecule has 2 aromatic rings. The summed E-state index contributed by atoms with van der Waals surface area (Å²) in [5.74, 6) is -0.912. The smallest absolute Gasteiger partial charge is 0.396 e. The van der Waals surface area contributed by atoms with Gasteiger partial charge in [0.2, 0.25) is 0 Å². The Morgan fingerprint density at radius 2 is 2.00 bits per heavy atom. The van der Waals surface area contributed by atoms with Crippen molar-refractivity contribution in [2.24, 2.45) is 5.73 Å². The van der Waals surface area contributed by atoms with Crippen LogP contribution in [-0.4, -0.2) is 15.7 Å². The Kier molecular flexibility index (Phi) is 3.46. The molecule has 1 amide bonds. The van der Waals surface area contributed by atoms with Crippen LogP contribution in [0.1, 0.15) is 16.1 Å². The Hall–Kier alpha value is -2.03. The number of halogens is 4. The van der Waals surface area contributed by atoms with Gasteiger partial charge in [-0.3, -0.25) is 4.79 Å². The molecule has 0 radical (unpaired) electrons. The van der Waals surface area contributed by atoms with Crippen molar-refractivity contribution in [1.29, 1.82) is 0 Å². The third-order valence-electron chi connectivity index (χ3n) is 2.49. The van der Waals surface area contributed by atoms with Gasteiger partial charge < -0.3 is 11.5 Å². The van der Waals surface area contributed by atoms with Gasteiger partial charge in [0, 0.05) is 4.47 Å². The number of nitrogen functional groups attached to an aromatic ring is 1. The topological polar surface area (TPSA) is 86.9 Å². The molecule has 0 aliphatic carbocycles. The number of nitrogens with zero attached hydrogens (tertiary/aromatic N) is 2. The molecule has 9 heteroatoms. The molecule has 0 bridgehead atoms. The summed E-state index contributed by atoms with van der Waals surface area (Å²) in [4.78, 5) is 11.1. The standard InChI is InChI=1S/C11H8BrF3N4O/c12-5-1-2-6(11(13,14)15)8(3-5)19-4-7(16)9(18-19)10(17)20/h1-4H,16H2,(H2,17,20). The molecule has 0 saturated carbocycles. The highest BCUT2D eigenvalue weighted by atomic mass is 79.9. The van der Waals surface area contributed by atoms with Crippen molar-refractivity contribution >= 4 is 27.5 Å². The second kappa shape index (κ2) is 4.82. The van der Waals surface area contributed by atoms with E-state index in [0.29, 0.717) is 4.47 Å². The Morgan fingerprint density at radius 3 is 2.50 bits per heavy atom. The number of hydrogen-bond donors (Lipinski definition) is 2. The highest BCUT2D eigenvalue weighted by molar-refractivity contribution is 9.10. The SMILES string of the molecule is NC(=O)c1nn(-c2cc(Br)ccc2C(F)(F)F)cc1N. The lowest BCUT2D eigenvalue weighted by molar-refractivity contribution is -0.137. The summed E-state index contributed by atoms with van der Waals surface area (Å²) in [6.07, 6.45) is -3.46. The Balaban J connectivity index is 2.66. The van der Waals surface area contributed by atoms with Gasteiger partial charge in [-0.1, -0.05) is 15.9 Å². The second-order valence-corrected chi connectivity index (χ2v) is 4.82. The molecule has 0 saturated heterocycles. The zero-order chi connectivity index (χ0) is 15.1. The minimum atomic E-state index is -4.57. The van der Waals surface area contributed by atoms with E-state index in [1.807, 2.05) is 0 Å². The number of amides is 1. The molecule has 0 spiro atoms. The summed E-state index contributed by atoms with van der Waals surface area (Å²) in [6, 6.07) is 3.38. The molecule has 1 heterocycles. The Bertz CT molecular complexity index is 681. The molecular formula is C11H8BrF3N4O. The summed E-state index contributed by atoms with van der Waals surface area (Å²) >= 11 is 3.08. The lowest BCUT2D eigenvalue weighted by atomic mass is 10.1. The normalized spacial score (nSPS) is 11.6. The van der Waals surface area contributed by atoms with Gasteiger partial charge in [0.1, 0.15) is 0 Å². The van der Waals surface area contributed by atoms with E-state index in [9.17, 15) is 18.0 Å². The van der Waals surface area contributed by atoms with Crippen LogP contribution in [0.4, 0.5) is 18.9 Å². The van der Waals surface area contributed by atoms with Gasteiger partial charge in [-0.15, -0.1) is 0 Å².